The fraction of sp³-hybridized carbons (Fsp3) is 0.267. The largest absolute Gasteiger partial charge is 0.465 e. The van der Waals surface area contributed by atoms with E-state index in [1.165, 1.54) is 4.90 Å². The van der Waals surface area contributed by atoms with Crippen molar-refractivity contribution in [1.82, 2.24) is 19.9 Å². The van der Waals surface area contributed by atoms with Crippen molar-refractivity contribution in [2.45, 2.75) is 13.3 Å². The van der Waals surface area contributed by atoms with E-state index >= 15 is 0 Å². The summed E-state index contributed by atoms with van der Waals surface area (Å²) in [5.74, 6) is 0. The SMILES string of the molecule is Cc1c(C2=CCN(C(=O)O)CC2)nnn1-c1ccccc1. The van der Waals surface area contributed by atoms with Crippen LogP contribution in [0, 0.1) is 6.92 Å². The molecular weight excluding hydrogens is 268 g/mol. The van der Waals surface area contributed by atoms with Gasteiger partial charge in [-0.05, 0) is 31.1 Å². The van der Waals surface area contributed by atoms with Gasteiger partial charge in [-0.1, -0.05) is 29.5 Å². The summed E-state index contributed by atoms with van der Waals surface area (Å²) in [6.07, 6.45) is 1.71. The van der Waals surface area contributed by atoms with E-state index in [2.05, 4.69) is 10.3 Å². The highest BCUT2D eigenvalue weighted by Gasteiger charge is 2.20. The molecule has 1 N–H and O–H groups in total. The van der Waals surface area contributed by atoms with Gasteiger partial charge in [-0.25, -0.2) is 9.48 Å². The molecule has 108 valence electrons. The van der Waals surface area contributed by atoms with E-state index in [1.54, 1.807) is 4.68 Å². The zero-order chi connectivity index (χ0) is 14.8. The van der Waals surface area contributed by atoms with Crippen LogP contribution in [0.1, 0.15) is 17.8 Å². The normalized spacial score (nSPS) is 14.9. The summed E-state index contributed by atoms with van der Waals surface area (Å²) >= 11 is 0. The molecule has 0 fully saturated rings. The number of benzene rings is 1. The van der Waals surface area contributed by atoms with E-state index in [0.717, 1.165) is 22.6 Å². The van der Waals surface area contributed by atoms with Crippen LogP contribution in [0.15, 0.2) is 36.4 Å². The Labute approximate surface area is 122 Å². The zero-order valence-electron chi connectivity index (χ0n) is 11.7. The van der Waals surface area contributed by atoms with Crippen molar-refractivity contribution in [1.29, 1.82) is 0 Å². The van der Waals surface area contributed by atoms with Gasteiger partial charge in [-0.15, -0.1) is 5.10 Å². The molecule has 0 unspecified atom stereocenters. The van der Waals surface area contributed by atoms with Gasteiger partial charge in [0, 0.05) is 13.1 Å². The van der Waals surface area contributed by atoms with Crippen molar-refractivity contribution in [3.8, 4) is 5.69 Å². The number of amides is 1. The second kappa shape index (κ2) is 5.40. The molecule has 2 aromatic rings. The molecule has 3 rings (SSSR count). The summed E-state index contributed by atoms with van der Waals surface area (Å²) in [4.78, 5) is 12.3. The Kier molecular flexibility index (Phi) is 3.43. The van der Waals surface area contributed by atoms with E-state index in [1.807, 2.05) is 43.3 Å². The third kappa shape index (κ3) is 2.52. The average Bonchev–Trinajstić information content (AvgIpc) is 2.90. The van der Waals surface area contributed by atoms with Crippen LogP contribution in [0.25, 0.3) is 11.3 Å². The summed E-state index contributed by atoms with van der Waals surface area (Å²) in [5, 5.41) is 17.4. The molecule has 0 radical (unpaired) electrons. The maximum absolute atomic E-state index is 10.9. The Morgan fingerprint density at radius 3 is 2.67 bits per heavy atom. The molecule has 21 heavy (non-hydrogen) atoms. The predicted molar refractivity (Wildman–Crippen MR) is 78.3 cm³/mol. The number of para-hydroxylation sites is 1. The number of rotatable bonds is 2. The predicted octanol–water partition coefficient (Wildman–Crippen LogP) is 2.34. The molecule has 0 aliphatic carbocycles. The summed E-state index contributed by atoms with van der Waals surface area (Å²) in [6, 6.07) is 9.84. The molecule has 0 saturated heterocycles. The Balaban J connectivity index is 1.89. The van der Waals surface area contributed by atoms with Crippen molar-refractivity contribution in [2.75, 3.05) is 13.1 Å². The van der Waals surface area contributed by atoms with Crippen LogP contribution in [-0.2, 0) is 0 Å². The molecule has 1 aromatic carbocycles. The quantitative estimate of drug-likeness (QED) is 0.918. The van der Waals surface area contributed by atoms with Crippen LogP contribution in [-0.4, -0.2) is 44.2 Å². The number of aromatic nitrogens is 3. The first kappa shape index (κ1) is 13.4. The summed E-state index contributed by atoms with van der Waals surface area (Å²) in [5.41, 5.74) is 3.85. The van der Waals surface area contributed by atoms with E-state index < -0.39 is 6.09 Å². The maximum atomic E-state index is 10.9. The van der Waals surface area contributed by atoms with Gasteiger partial charge < -0.3 is 10.0 Å². The highest BCUT2D eigenvalue weighted by atomic mass is 16.4. The number of hydrogen-bond acceptors (Lipinski definition) is 3. The van der Waals surface area contributed by atoms with E-state index in [0.29, 0.717) is 19.5 Å². The molecule has 1 aliphatic rings. The highest BCUT2D eigenvalue weighted by molar-refractivity contribution is 5.70. The zero-order valence-corrected chi connectivity index (χ0v) is 11.7. The molecule has 0 spiro atoms. The Bertz CT molecular complexity index is 691. The third-order valence-corrected chi connectivity index (χ3v) is 3.68. The molecule has 6 heteroatoms. The molecule has 1 aromatic heterocycles. The van der Waals surface area contributed by atoms with Gasteiger partial charge in [0.25, 0.3) is 0 Å². The Hall–Kier alpha value is -2.63. The first-order valence-electron chi connectivity index (χ1n) is 6.82. The molecule has 1 amide bonds. The molecule has 0 bridgehead atoms. The smallest absolute Gasteiger partial charge is 0.407 e. The Morgan fingerprint density at radius 2 is 2.05 bits per heavy atom. The van der Waals surface area contributed by atoms with Crippen LogP contribution < -0.4 is 0 Å². The van der Waals surface area contributed by atoms with E-state index in [4.69, 9.17) is 5.11 Å². The van der Waals surface area contributed by atoms with Gasteiger partial charge in [0.2, 0.25) is 0 Å². The first-order chi connectivity index (χ1) is 10.2. The van der Waals surface area contributed by atoms with Crippen LogP contribution in [0.2, 0.25) is 0 Å². The number of hydrogen-bond donors (Lipinski definition) is 1. The lowest BCUT2D eigenvalue weighted by Gasteiger charge is -2.23. The monoisotopic (exact) mass is 284 g/mol. The van der Waals surface area contributed by atoms with Gasteiger partial charge in [0.1, 0.15) is 5.69 Å². The topological polar surface area (TPSA) is 71.2 Å². The minimum absolute atomic E-state index is 0.405. The number of carbonyl (C=O) groups is 1. The second-order valence-electron chi connectivity index (χ2n) is 4.98. The molecule has 2 heterocycles. The summed E-state index contributed by atoms with van der Waals surface area (Å²) < 4.78 is 1.81. The molecular formula is C15H16N4O2. The lowest BCUT2D eigenvalue weighted by atomic mass is 10.0. The van der Waals surface area contributed by atoms with Crippen molar-refractivity contribution in [3.63, 3.8) is 0 Å². The molecule has 1 aliphatic heterocycles. The summed E-state index contributed by atoms with van der Waals surface area (Å²) in [6.45, 7) is 2.88. The summed E-state index contributed by atoms with van der Waals surface area (Å²) in [7, 11) is 0. The third-order valence-electron chi connectivity index (χ3n) is 3.68. The minimum Gasteiger partial charge on any atom is -0.465 e. The number of nitrogens with zero attached hydrogens (tertiary/aromatic N) is 4. The fourth-order valence-electron chi connectivity index (χ4n) is 2.50. The molecule has 0 saturated carbocycles. The van der Waals surface area contributed by atoms with Gasteiger partial charge >= 0.3 is 6.09 Å². The van der Waals surface area contributed by atoms with Gasteiger partial charge in [-0.3, -0.25) is 0 Å². The van der Waals surface area contributed by atoms with Crippen LogP contribution in [0.5, 0.6) is 0 Å². The van der Waals surface area contributed by atoms with Crippen molar-refractivity contribution < 1.29 is 9.90 Å². The van der Waals surface area contributed by atoms with Gasteiger partial charge in [0.05, 0.1) is 11.4 Å². The standard InChI is InChI=1S/C15H16N4O2/c1-11-14(12-7-9-18(10-8-12)15(20)21)16-17-19(11)13-5-3-2-4-6-13/h2-7H,8-10H2,1H3,(H,20,21). The van der Waals surface area contributed by atoms with Crippen molar-refractivity contribution in [2.24, 2.45) is 0 Å². The first-order valence-corrected chi connectivity index (χ1v) is 6.82. The highest BCUT2D eigenvalue weighted by Crippen LogP contribution is 2.24. The van der Waals surface area contributed by atoms with Crippen molar-refractivity contribution >= 4 is 11.7 Å². The van der Waals surface area contributed by atoms with Gasteiger partial charge in [0.15, 0.2) is 0 Å². The van der Waals surface area contributed by atoms with Crippen molar-refractivity contribution in [3.05, 3.63) is 47.8 Å². The van der Waals surface area contributed by atoms with E-state index in [-0.39, 0.29) is 0 Å². The Morgan fingerprint density at radius 1 is 1.29 bits per heavy atom. The van der Waals surface area contributed by atoms with Gasteiger partial charge in [-0.2, -0.15) is 0 Å². The van der Waals surface area contributed by atoms with E-state index in [9.17, 15) is 4.79 Å². The molecule has 6 nitrogen and oxygen atoms in total. The number of carboxylic acid groups (broad SMARTS) is 1. The molecule has 0 atom stereocenters. The average molecular weight is 284 g/mol. The van der Waals surface area contributed by atoms with Crippen LogP contribution in [0.4, 0.5) is 4.79 Å². The van der Waals surface area contributed by atoms with Crippen LogP contribution >= 0.6 is 0 Å². The minimum atomic E-state index is -0.880. The second-order valence-corrected chi connectivity index (χ2v) is 4.98. The lowest BCUT2D eigenvalue weighted by Crippen LogP contribution is -2.33. The fourth-order valence-corrected chi connectivity index (χ4v) is 2.50. The lowest BCUT2D eigenvalue weighted by molar-refractivity contribution is 0.150. The maximum Gasteiger partial charge on any atom is 0.407 e. The van der Waals surface area contributed by atoms with Crippen LogP contribution in [0.3, 0.4) is 0 Å².